The van der Waals surface area contributed by atoms with E-state index in [4.69, 9.17) is 0 Å². The van der Waals surface area contributed by atoms with E-state index in [-0.39, 0.29) is 10.8 Å². The van der Waals surface area contributed by atoms with Crippen LogP contribution >= 0.6 is 0 Å². The van der Waals surface area contributed by atoms with Crippen molar-refractivity contribution in [2.75, 3.05) is 6.26 Å². The van der Waals surface area contributed by atoms with E-state index in [0.717, 1.165) is 22.4 Å². The Morgan fingerprint density at radius 1 is 0.963 bits per heavy atom. The molecule has 142 valence electrons. The first-order chi connectivity index (χ1) is 12.6. The molecule has 0 spiro atoms. The molecule has 27 heavy (non-hydrogen) atoms. The third-order valence-electron chi connectivity index (χ3n) is 5.73. The molecule has 3 heteroatoms. The number of rotatable bonds is 2. The lowest BCUT2D eigenvalue weighted by molar-refractivity contribution is 0.237. The second-order valence-corrected chi connectivity index (χ2v) is 10.1. The minimum atomic E-state index is -0.993. The fourth-order valence-electron chi connectivity index (χ4n) is 3.74. The van der Waals surface area contributed by atoms with E-state index < -0.39 is 17.3 Å². The van der Waals surface area contributed by atoms with Crippen LogP contribution in [-0.2, 0) is 22.0 Å². The van der Waals surface area contributed by atoms with E-state index >= 15 is 0 Å². The van der Waals surface area contributed by atoms with Crippen LogP contribution in [0.15, 0.2) is 47.4 Å². The van der Waals surface area contributed by atoms with Gasteiger partial charge >= 0.3 is 0 Å². The first kappa shape index (κ1) is 20.0. The van der Waals surface area contributed by atoms with E-state index in [1.165, 1.54) is 17.5 Å². The van der Waals surface area contributed by atoms with Gasteiger partial charge in [-0.2, -0.15) is 0 Å². The zero-order valence-electron chi connectivity index (χ0n) is 16.8. The summed E-state index contributed by atoms with van der Waals surface area (Å²) >= 11 is -0.993. The van der Waals surface area contributed by atoms with Gasteiger partial charge in [-0.3, -0.25) is 0 Å². The molecule has 0 aliphatic heterocycles. The number of fused-ring (bicyclic) bond motifs is 1. The van der Waals surface area contributed by atoms with Gasteiger partial charge in [0.15, 0.2) is 4.90 Å². The Morgan fingerprint density at radius 2 is 1.56 bits per heavy atom. The third-order valence-corrected chi connectivity index (χ3v) is 6.67. The van der Waals surface area contributed by atoms with E-state index in [1.807, 2.05) is 30.3 Å². The molecule has 1 N–H and O–H groups in total. The summed E-state index contributed by atoms with van der Waals surface area (Å²) in [6.45, 7) is 9.15. The van der Waals surface area contributed by atoms with Crippen molar-refractivity contribution in [3.63, 3.8) is 0 Å². The Hall–Kier alpha value is -1.73. The topological polar surface area (TPSA) is 43.3 Å². The standard InChI is InChI=1S/C24H28O2S/c1-23(2)14-15-24(3,4)21-16-18(9-12-20(21)23)22(25)13-8-17-6-10-19(11-7-17)27(5)26/h6-7,9-12,16,22,25H,14-15H2,1-5H3. The summed E-state index contributed by atoms with van der Waals surface area (Å²) in [4.78, 5) is 0.778. The molecule has 0 aromatic heterocycles. The lowest BCUT2D eigenvalue weighted by Gasteiger charge is -2.42. The first-order valence-electron chi connectivity index (χ1n) is 9.38. The van der Waals surface area contributed by atoms with Gasteiger partial charge in [-0.25, -0.2) is 0 Å². The predicted octanol–water partition coefficient (Wildman–Crippen LogP) is 4.86. The maximum absolute atomic E-state index is 11.5. The average Bonchev–Trinajstić information content (AvgIpc) is 2.63. The zero-order chi connectivity index (χ0) is 19.8. The molecular formula is C24H28O2S. The van der Waals surface area contributed by atoms with Crippen molar-refractivity contribution in [3.8, 4) is 11.8 Å². The van der Waals surface area contributed by atoms with Gasteiger partial charge < -0.3 is 9.66 Å². The highest BCUT2D eigenvalue weighted by molar-refractivity contribution is 7.90. The van der Waals surface area contributed by atoms with Gasteiger partial charge in [0, 0.05) is 5.56 Å². The van der Waals surface area contributed by atoms with Crippen LogP contribution in [-0.4, -0.2) is 15.9 Å². The molecule has 0 amide bonds. The summed E-state index contributed by atoms with van der Waals surface area (Å²) in [5, 5.41) is 10.6. The summed E-state index contributed by atoms with van der Waals surface area (Å²) in [6.07, 6.45) is 3.15. The second kappa shape index (κ2) is 7.36. The molecule has 2 nitrogen and oxygen atoms in total. The zero-order valence-corrected chi connectivity index (χ0v) is 17.6. The molecule has 0 radical (unpaired) electrons. The maximum atomic E-state index is 11.5. The van der Waals surface area contributed by atoms with Crippen LogP contribution in [0.5, 0.6) is 0 Å². The number of aliphatic hydroxyl groups is 1. The Bertz CT molecular complexity index is 883. The van der Waals surface area contributed by atoms with Crippen LogP contribution in [0, 0.1) is 11.8 Å². The van der Waals surface area contributed by atoms with Crippen molar-refractivity contribution >= 4 is 11.2 Å². The molecule has 0 heterocycles. The number of benzene rings is 2. The van der Waals surface area contributed by atoms with Crippen molar-refractivity contribution in [1.82, 2.24) is 0 Å². The van der Waals surface area contributed by atoms with Crippen LogP contribution in [0.1, 0.15) is 68.9 Å². The van der Waals surface area contributed by atoms with E-state index in [1.54, 1.807) is 6.26 Å². The summed E-state index contributed by atoms with van der Waals surface area (Å²) in [5.41, 5.74) is 4.64. The molecule has 2 aromatic carbocycles. The molecule has 0 saturated carbocycles. The molecule has 1 aliphatic carbocycles. The minimum Gasteiger partial charge on any atom is -0.612 e. The number of hydrogen-bond acceptors (Lipinski definition) is 2. The Kier molecular flexibility index (Phi) is 5.45. The summed E-state index contributed by atoms with van der Waals surface area (Å²) in [6, 6.07) is 13.6. The molecule has 0 saturated heterocycles. The molecule has 1 aliphatic rings. The van der Waals surface area contributed by atoms with Gasteiger partial charge in [-0.05, 0) is 75.8 Å². The van der Waals surface area contributed by atoms with Crippen LogP contribution in [0.2, 0.25) is 0 Å². The second-order valence-electron chi connectivity index (χ2n) is 8.72. The molecule has 3 rings (SSSR count). The van der Waals surface area contributed by atoms with Gasteiger partial charge in [-0.1, -0.05) is 57.7 Å². The normalized spacial score (nSPS) is 19.4. The minimum absolute atomic E-state index is 0.111. The fraction of sp³-hybridized carbons (Fsp3) is 0.417. The molecular weight excluding hydrogens is 352 g/mol. The van der Waals surface area contributed by atoms with Crippen molar-refractivity contribution in [2.24, 2.45) is 0 Å². The van der Waals surface area contributed by atoms with Crippen LogP contribution in [0.4, 0.5) is 0 Å². The van der Waals surface area contributed by atoms with Crippen molar-refractivity contribution in [1.29, 1.82) is 0 Å². The van der Waals surface area contributed by atoms with Gasteiger partial charge in [-0.15, -0.1) is 0 Å². The Morgan fingerprint density at radius 3 is 2.15 bits per heavy atom. The van der Waals surface area contributed by atoms with Gasteiger partial charge in [0.2, 0.25) is 0 Å². The number of aliphatic hydroxyl groups excluding tert-OH is 1. The summed E-state index contributed by atoms with van der Waals surface area (Å²) in [5.74, 6) is 5.98. The highest BCUT2D eigenvalue weighted by Gasteiger charge is 2.37. The maximum Gasteiger partial charge on any atom is 0.152 e. The predicted molar refractivity (Wildman–Crippen MR) is 112 cm³/mol. The molecule has 2 atom stereocenters. The van der Waals surface area contributed by atoms with Crippen LogP contribution in [0.25, 0.3) is 0 Å². The largest absolute Gasteiger partial charge is 0.612 e. The van der Waals surface area contributed by atoms with Crippen molar-refractivity contribution in [2.45, 2.75) is 62.4 Å². The molecule has 2 aromatic rings. The van der Waals surface area contributed by atoms with Gasteiger partial charge in [0.1, 0.15) is 12.4 Å². The van der Waals surface area contributed by atoms with Crippen LogP contribution in [0.3, 0.4) is 0 Å². The monoisotopic (exact) mass is 380 g/mol. The average molecular weight is 381 g/mol. The van der Waals surface area contributed by atoms with E-state index in [9.17, 15) is 9.66 Å². The highest BCUT2D eigenvalue weighted by atomic mass is 32.2. The molecule has 0 bridgehead atoms. The molecule has 2 unspecified atom stereocenters. The Balaban J connectivity index is 1.87. The quantitative estimate of drug-likeness (QED) is 0.597. The first-order valence-corrected chi connectivity index (χ1v) is 10.9. The van der Waals surface area contributed by atoms with E-state index in [0.29, 0.717) is 0 Å². The lowest BCUT2D eigenvalue weighted by atomic mass is 9.63. The van der Waals surface area contributed by atoms with Crippen molar-refractivity contribution < 1.29 is 9.66 Å². The van der Waals surface area contributed by atoms with Gasteiger partial charge in [0.05, 0.1) is 0 Å². The lowest BCUT2D eigenvalue weighted by Crippen LogP contribution is -2.34. The smallest absolute Gasteiger partial charge is 0.152 e. The Labute approximate surface area is 166 Å². The number of hydrogen-bond donors (Lipinski definition) is 1. The summed E-state index contributed by atoms with van der Waals surface area (Å²) in [7, 11) is 0. The SMILES string of the molecule is C[S+]([O-])c1ccc(C#CC(O)c2ccc3c(c2)C(C)(C)CCC3(C)C)cc1. The molecule has 0 fully saturated rings. The highest BCUT2D eigenvalue weighted by Crippen LogP contribution is 2.46. The third kappa shape index (κ3) is 4.24. The fourth-order valence-corrected chi connectivity index (χ4v) is 4.26. The van der Waals surface area contributed by atoms with E-state index in [2.05, 4.69) is 51.7 Å². The van der Waals surface area contributed by atoms with Crippen LogP contribution < -0.4 is 0 Å². The van der Waals surface area contributed by atoms with Crippen molar-refractivity contribution in [3.05, 3.63) is 64.7 Å². The van der Waals surface area contributed by atoms with Gasteiger partial charge in [0.25, 0.3) is 0 Å². The summed E-state index contributed by atoms with van der Waals surface area (Å²) < 4.78 is 11.5.